The van der Waals surface area contributed by atoms with Crippen LogP contribution in [0.5, 0.6) is 0 Å². The quantitative estimate of drug-likeness (QED) is 0.580. The molecule has 0 spiro atoms. The van der Waals surface area contributed by atoms with Crippen molar-refractivity contribution in [2.75, 3.05) is 18.1 Å². The molecule has 56 valence electrons. The summed E-state index contributed by atoms with van der Waals surface area (Å²) in [6.07, 6.45) is 3.85. The first-order valence-corrected chi connectivity index (χ1v) is 4.85. The van der Waals surface area contributed by atoms with Crippen LogP contribution in [0.25, 0.3) is 0 Å². The van der Waals surface area contributed by atoms with Gasteiger partial charge in [-0.15, -0.1) is 0 Å². The van der Waals surface area contributed by atoms with Crippen molar-refractivity contribution in [3.63, 3.8) is 0 Å². The molecule has 0 saturated carbocycles. The Balaban J connectivity index is 2.60. The van der Waals surface area contributed by atoms with Gasteiger partial charge in [0.25, 0.3) is 0 Å². The van der Waals surface area contributed by atoms with Gasteiger partial charge in [0.2, 0.25) is 0 Å². The van der Waals surface area contributed by atoms with Crippen molar-refractivity contribution in [2.24, 2.45) is 5.73 Å². The molecule has 0 aromatic rings. The third-order valence-electron chi connectivity index (χ3n) is 1.14. The van der Waals surface area contributed by atoms with Crippen molar-refractivity contribution in [1.29, 1.82) is 0 Å². The topological polar surface area (TPSA) is 26.0 Å². The van der Waals surface area contributed by atoms with Gasteiger partial charge in [-0.05, 0) is 30.9 Å². The van der Waals surface area contributed by atoms with Crippen molar-refractivity contribution in [2.45, 2.75) is 26.2 Å². The average molecular weight is 147 g/mol. The molecule has 0 bridgehead atoms. The van der Waals surface area contributed by atoms with Crippen LogP contribution < -0.4 is 5.73 Å². The minimum absolute atomic E-state index is 0.846. The highest BCUT2D eigenvalue weighted by Crippen LogP contribution is 2.04. The Kier molecular flexibility index (Phi) is 8.60. The van der Waals surface area contributed by atoms with E-state index in [0.717, 1.165) is 6.54 Å². The minimum atomic E-state index is 0.846. The Morgan fingerprint density at radius 2 is 1.89 bits per heavy atom. The van der Waals surface area contributed by atoms with Crippen LogP contribution in [0, 0.1) is 0 Å². The Labute approximate surface area is 62.4 Å². The van der Waals surface area contributed by atoms with Gasteiger partial charge in [-0.25, -0.2) is 0 Å². The molecule has 2 heteroatoms. The Hall–Kier alpha value is 0.310. The molecular weight excluding hydrogens is 130 g/mol. The van der Waals surface area contributed by atoms with Crippen LogP contribution >= 0.6 is 11.8 Å². The summed E-state index contributed by atoms with van der Waals surface area (Å²) in [7, 11) is 0. The molecule has 0 heterocycles. The van der Waals surface area contributed by atoms with Crippen LogP contribution in [-0.2, 0) is 0 Å². The Morgan fingerprint density at radius 1 is 1.22 bits per heavy atom. The Bertz CT molecular complexity index is 42.2. The van der Waals surface area contributed by atoms with Gasteiger partial charge in [-0.1, -0.05) is 13.3 Å². The summed E-state index contributed by atoms with van der Waals surface area (Å²) >= 11 is 2.02. The minimum Gasteiger partial charge on any atom is -0.330 e. The summed E-state index contributed by atoms with van der Waals surface area (Å²) < 4.78 is 0. The summed E-state index contributed by atoms with van der Waals surface area (Å²) in [6, 6.07) is 0. The van der Waals surface area contributed by atoms with Gasteiger partial charge < -0.3 is 5.73 Å². The predicted octanol–water partition coefficient (Wildman–Crippen LogP) is 1.87. The molecule has 0 aliphatic carbocycles. The fraction of sp³-hybridized carbons (Fsp3) is 1.00. The maximum atomic E-state index is 5.33. The normalized spacial score (nSPS) is 10.0. The van der Waals surface area contributed by atoms with E-state index in [1.165, 1.54) is 30.8 Å². The zero-order chi connectivity index (χ0) is 6.95. The smallest absolute Gasteiger partial charge is 0.00555 e. The third kappa shape index (κ3) is 8.31. The second kappa shape index (κ2) is 8.31. The van der Waals surface area contributed by atoms with Crippen LogP contribution in [0.4, 0.5) is 0 Å². The number of nitrogens with two attached hydrogens (primary N) is 1. The first-order chi connectivity index (χ1) is 4.41. The zero-order valence-corrected chi connectivity index (χ0v) is 7.04. The Morgan fingerprint density at radius 3 is 2.44 bits per heavy atom. The molecule has 0 aliphatic rings. The van der Waals surface area contributed by atoms with Gasteiger partial charge in [0, 0.05) is 0 Å². The van der Waals surface area contributed by atoms with Crippen molar-refractivity contribution in [3.05, 3.63) is 0 Å². The first-order valence-electron chi connectivity index (χ1n) is 3.69. The van der Waals surface area contributed by atoms with Gasteiger partial charge in [0.1, 0.15) is 0 Å². The number of thioether (sulfide) groups is 1. The lowest BCUT2D eigenvalue weighted by molar-refractivity contribution is 0.891. The molecule has 0 aromatic heterocycles. The van der Waals surface area contributed by atoms with Gasteiger partial charge in [0.05, 0.1) is 0 Å². The highest BCUT2D eigenvalue weighted by atomic mass is 32.2. The number of hydrogen-bond acceptors (Lipinski definition) is 2. The summed E-state index contributed by atoms with van der Waals surface area (Å²) in [5.74, 6) is 2.56. The van der Waals surface area contributed by atoms with E-state index in [2.05, 4.69) is 6.92 Å². The van der Waals surface area contributed by atoms with E-state index < -0.39 is 0 Å². The summed E-state index contributed by atoms with van der Waals surface area (Å²) in [5.41, 5.74) is 5.33. The largest absolute Gasteiger partial charge is 0.330 e. The molecule has 1 nitrogen and oxygen atoms in total. The number of unbranched alkanes of at least 4 members (excludes halogenated alkanes) is 1. The molecule has 0 amide bonds. The second-order valence-electron chi connectivity index (χ2n) is 2.11. The summed E-state index contributed by atoms with van der Waals surface area (Å²) in [4.78, 5) is 0. The van der Waals surface area contributed by atoms with E-state index in [1.807, 2.05) is 11.8 Å². The van der Waals surface area contributed by atoms with E-state index >= 15 is 0 Å². The lowest BCUT2D eigenvalue weighted by Gasteiger charge is -1.96. The summed E-state index contributed by atoms with van der Waals surface area (Å²) in [5, 5.41) is 0. The molecular formula is C7H17NS. The van der Waals surface area contributed by atoms with E-state index in [-0.39, 0.29) is 0 Å². The highest BCUT2D eigenvalue weighted by Gasteiger charge is 1.85. The zero-order valence-electron chi connectivity index (χ0n) is 6.23. The fourth-order valence-corrected chi connectivity index (χ4v) is 1.60. The van der Waals surface area contributed by atoms with Gasteiger partial charge in [-0.2, -0.15) is 11.8 Å². The maximum Gasteiger partial charge on any atom is -0.00555 e. The number of rotatable bonds is 6. The molecule has 0 aromatic carbocycles. The van der Waals surface area contributed by atoms with E-state index in [4.69, 9.17) is 5.73 Å². The van der Waals surface area contributed by atoms with Crippen molar-refractivity contribution >= 4 is 11.8 Å². The van der Waals surface area contributed by atoms with Crippen molar-refractivity contribution < 1.29 is 0 Å². The molecule has 2 N–H and O–H groups in total. The van der Waals surface area contributed by atoms with Gasteiger partial charge in [-0.3, -0.25) is 0 Å². The summed E-state index contributed by atoms with van der Waals surface area (Å²) in [6.45, 7) is 3.07. The third-order valence-corrected chi connectivity index (χ3v) is 2.29. The molecule has 0 unspecified atom stereocenters. The van der Waals surface area contributed by atoms with Crippen molar-refractivity contribution in [1.82, 2.24) is 0 Å². The molecule has 0 atom stereocenters. The van der Waals surface area contributed by atoms with Gasteiger partial charge >= 0.3 is 0 Å². The molecule has 0 radical (unpaired) electrons. The molecule has 0 saturated heterocycles. The van der Waals surface area contributed by atoms with Crippen LogP contribution in [-0.4, -0.2) is 18.1 Å². The SMILES string of the molecule is CCCCSCCCN. The maximum absolute atomic E-state index is 5.33. The average Bonchev–Trinajstić information content (AvgIpc) is 1.89. The van der Waals surface area contributed by atoms with E-state index in [1.54, 1.807) is 0 Å². The molecule has 9 heavy (non-hydrogen) atoms. The predicted molar refractivity (Wildman–Crippen MR) is 45.9 cm³/mol. The molecule has 0 fully saturated rings. The molecule has 0 rings (SSSR count). The molecule has 0 aliphatic heterocycles. The van der Waals surface area contributed by atoms with E-state index in [0.29, 0.717) is 0 Å². The lowest BCUT2D eigenvalue weighted by atomic mass is 10.4. The van der Waals surface area contributed by atoms with Crippen LogP contribution in [0.1, 0.15) is 26.2 Å². The lowest BCUT2D eigenvalue weighted by Crippen LogP contribution is -1.99. The van der Waals surface area contributed by atoms with Crippen LogP contribution in [0.3, 0.4) is 0 Å². The second-order valence-corrected chi connectivity index (χ2v) is 3.33. The standard InChI is InChI=1S/C7H17NS/c1-2-3-6-9-7-4-5-8/h2-8H2,1H3. The monoisotopic (exact) mass is 147 g/mol. The van der Waals surface area contributed by atoms with Gasteiger partial charge in [0.15, 0.2) is 0 Å². The van der Waals surface area contributed by atoms with Crippen LogP contribution in [0.15, 0.2) is 0 Å². The fourth-order valence-electron chi connectivity index (χ4n) is 0.534. The van der Waals surface area contributed by atoms with Crippen molar-refractivity contribution in [3.8, 4) is 0 Å². The number of hydrogen-bond donors (Lipinski definition) is 1. The van der Waals surface area contributed by atoms with Crippen LogP contribution in [0.2, 0.25) is 0 Å². The first kappa shape index (κ1) is 9.31. The highest BCUT2D eigenvalue weighted by molar-refractivity contribution is 7.99. The van der Waals surface area contributed by atoms with E-state index in [9.17, 15) is 0 Å².